The monoisotopic (exact) mass is 200 g/mol. The van der Waals surface area contributed by atoms with Gasteiger partial charge in [0.25, 0.3) is 0 Å². The van der Waals surface area contributed by atoms with Crippen LogP contribution in [-0.2, 0) is 9.53 Å². The molecular formula is C11H22NO2. The standard InChI is InChI=1S/C11H22NO2/c1-4-5-9-14-11(13)7-6-8-12-10(2)3/h10,12H,1,4-9H2,2-3H3. The minimum Gasteiger partial charge on any atom is -0.466 e. The Labute approximate surface area is 87.2 Å². The van der Waals surface area contributed by atoms with E-state index in [0.717, 1.165) is 25.8 Å². The predicted molar refractivity (Wildman–Crippen MR) is 57.9 cm³/mol. The summed E-state index contributed by atoms with van der Waals surface area (Å²) in [4.78, 5) is 11.1. The van der Waals surface area contributed by atoms with Gasteiger partial charge in [0, 0.05) is 12.5 Å². The average Bonchev–Trinajstić information content (AvgIpc) is 2.13. The fourth-order valence-electron chi connectivity index (χ4n) is 0.984. The van der Waals surface area contributed by atoms with Gasteiger partial charge < -0.3 is 10.1 Å². The Hall–Kier alpha value is -0.570. The van der Waals surface area contributed by atoms with E-state index in [2.05, 4.69) is 26.1 Å². The van der Waals surface area contributed by atoms with Crippen molar-refractivity contribution in [2.75, 3.05) is 13.2 Å². The summed E-state index contributed by atoms with van der Waals surface area (Å²) in [6.07, 6.45) is 3.04. The molecule has 3 heteroatoms. The second kappa shape index (κ2) is 9.00. The molecule has 0 bridgehead atoms. The summed E-state index contributed by atoms with van der Waals surface area (Å²) in [5, 5.41) is 3.25. The first-order chi connectivity index (χ1) is 6.66. The van der Waals surface area contributed by atoms with Gasteiger partial charge in [0.1, 0.15) is 0 Å². The molecule has 0 aliphatic rings. The molecule has 83 valence electrons. The Bertz CT molecular complexity index is 146. The van der Waals surface area contributed by atoms with Gasteiger partial charge in [-0.1, -0.05) is 27.2 Å². The number of rotatable bonds is 8. The lowest BCUT2D eigenvalue weighted by Gasteiger charge is -2.07. The zero-order valence-corrected chi connectivity index (χ0v) is 9.34. The highest BCUT2D eigenvalue weighted by Gasteiger charge is 2.01. The minimum absolute atomic E-state index is 0.0935. The first-order valence-corrected chi connectivity index (χ1v) is 5.35. The maximum Gasteiger partial charge on any atom is 0.305 e. The molecule has 14 heavy (non-hydrogen) atoms. The van der Waals surface area contributed by atoms with E-state index in [-0.39, 0.29) is 5.97 Å². The Balaban J connectivity index is 3.18. The van der Waals surface area contributed by atoms with Crippen LogP contribution < -0.4 is 5.32 Å². The first-order valence-electron chi connectivity index (χ1n) is 5.35. The molecule has 0 rings (SSSR count). The smallest absolute Gasteiger partial charge is 0.305 e. The molecule has 0 aromatic carbocycles. The molecule has 0 saturated carbocycles. The van der Waals surface area contributed by atoms with Gasteiger partial charge in [-0.2, -0.15) is 0 Å². The third kappa shape index (κ3) is 9.52. The molecule has 3 nitrogen and oxygen atoms in total. The van der Waals surface area contributed by atoms with Crippen molar-refractivity contribution >= 4 is 5.97 Å². The number of carbonyl (C=O) groups excluding carboxylic acids is 1. The van der Waals surface area contributed by atoms with Crippen molar-refractivity contribution in [3.8, 4) is 0 Å². The van der Waals surface area contributed by atoms with Crippen molar-refractivity contribution in [1.29, 1.82) is 0 Å². The second-order valence-electron chi connectivity index (χ2n) is 3.64. The largest absolute Gasteiger partial charge is 0.466 e. The highest BCUT2D eigenvalue weighted by atomic mass is 16.5. The van der Waals surface area contributed by atoms with Crippen molar-refractivity contribution in [2.45, 2.75) is 45.6 Å². The van der Waals surface area contributed by atoms with E-state index in [9.17, 15) is 4.79 Å². The molecule has 0 atom stereocenters. The van der Waals surface area contributed by atoms with Crippen LogP contribution in [0.5, 0.6) is 0 Å². The van der Waals surface area contributed by atoms with Crippen molar-refractivity contribution in [1.82, 2.24) is 5.32 Å². The summed E-state index contributed by atoms with van der Waals surface area (Å²) < 4.78 is 4.98. The Morgan fingerprint density at radius 1 is 1.43 bits per heavy atom. The molecule has 1 N–H and O–H groups in total. The molecule has 0 aromatic heterocycles. The van der Waals surface area contributed by atoms with Gasteiger partial charge in [-0.3, -0.25) is 4.79 Å². The summed E-state index contributed by atoms with van der Waals surface area (Å²) in [7, 11) is 0. The Morgan fingerprint density at radius 2 is 2.14 bits per heavy atom. The van der Waals surface area contributed by atoms with Gasteiger partial charge in [0.2, 0.25) is 0 Å². The van der Waals surface area contributed by atoms with Crippen molar-refractivity contribution in [3.05, 3.63) is 6.92 Å². The van der Waals surface area contributed by atoms with Gasteiger partial charge >= 0.3 is 5.97 Å². The second-order valence-corrected chi connectivity index (χ2v) is 3.64. The fraction of sp³-hybridized carbons (Fsp3) is 0.818. The van der Waals surface area contributed by atoms with Crippen molar-refractivity contribution < 1.29 is 9.53 Å². The first kappa shape index (κ1) is 13.4. The van der Waals surface area contributed by atoms with E-state index in [1.54, 1.807) is 0 Å². The summed E-state index contributed by atoms with van der Waals surface area (Å²) in [6, 6.07) is 0.484. The number of ether oxygens (including phenoxy) is 1. The summed E-state index contributed by atoms with van der Waals surface area (Å²) >= 11 is 0. The van der Waals surface area contributed by atoms with Crippen LogP contribution in [0.3, 0.4) is 0 Å². The van der Waals surface area contributed by atoms with Crippen LogP contribution in [0.1, 0.15) is 39.5 Å². The van der Waals surface area contributed by atoms with E-state index in [1.807, 2.05) is 0 Å². The maximum absolute atomic E-state index is 11.1. The topological polar surface area (TPSA) is 38.3 Å². The number of unbranched alkanes of at least 4 members (excludes halogenated alkanes) is 1. The molecule has 0 aromatic rings. The van der Waals surface area contributed by atoms with Gasteiger partial charge in [-0.25, -0.2) is 0 Å². The average molecular weight is 200 g/mol. The number of carbonyl (C=O) groups is 1. The summed E-state index contributed by atoms with van der Waals surface area (Å²) in [5.41, 5.74) is 0. The zero-order valence-electron chi connectivity index (χ0n) is 9.34. The van der Waals surface area contributed by atoms with E-state index in [4.69, 9.17) is 4.74 Å². The van der Waals surface area contributed by atoms with Gasteiger partial charge in [-0.15, -0.1) is 0 Å². The van der Waals surface area contributed by atoms with Gasteiger partial charge in [-0.05, 0) is 19.4 Å². The number of hydrogen-bond acceptors (Lipinski definition) is 3. The van der Waals surface area contributed by atoms with Crippen LogP contribution in [0.2, 0.25) is 0 Å². The normalized spacial score (nSPS) is 10.6. The molecule has 0 aliphatic carbocycles. The number of hydrogen-bond donors (Lipinski definition) is 1. The van der Waals surface area contributed by atoms with Crippen molar-refractivity contribution in [2.24, 2.45) is 0 Å². The third-order valence-electron chi connectivity index (χ3n) is 1.77. The molecule has 0 fully saturated rings. The van der Waals surface area contributed by atoms with E-state index < -0.39 is 0 Å². The van der Waals surface area contributed by atoms with Crippen LogP contribution >= 0.6 is 0 Å². The molecule has 0 heterocycles. The SMILES string of the molecule is [CH2]CCCOC(=O)CCCNC(C)C. The lowest BCUT2D eigenvalue weighted by Crippen LogP contribution is -2.24. The predicted octanol–water partition coefficient (Wildman–Crippen LogP) is 1.92. The molecule has 0 amide bonds. The van der Waals surface area contributed by atoms with Crippen LogP contribution in [-0.4, -0.2) is 25.2 Å². The fourth-order valence-corrected chi connectivity index (χ4v) is 0.984. The van der Waals surface area contributed by atoms with Crippen molar-refractivity contribution in [3.63, 3.8) is 0 Å². The number of esters is 1. The molecule has 0 aliphatic heterocycles. The molecule has 0 spiro atoms. The third-order valence-corrected chi connectivity index (χ3v) is 1.77. The lowest BCUT2D eigenvalue weighted by molar-refractivity contribution is -0.143. The molecule has 0 unspecified atom stereocenters. The number of nitrogens with one attached hydrogen (secondary N) is 1. The minimum atomic E-state index is -0.0935. The van der Waals surface area contributed by atoms with Crippen LogP contribution in [0, 0.1) is 6.92 Å². The summed E-state index contributed by atoms with van der Waals surface area (Å²) in [5.74, 6) is -0.0935. The molecular weight excluding hydrogens is 178 g/mol. The van der Waals surface area contributed by atoms with Crippen LogP contribution in [0.4, 0.5) is 0 Å². The Kier molecular flexibility index (Phi) is 8.64. The van der Waals surface area contributed by atoms with Gasteiger partial charge in [0.05, 0.1) is 6.61 Å². The quantitative estimate of drug-likeness (QED) is 0.480. The zero-order chi connectivity index (χ0) is 10.8. The Morgan fingerprint density at radius 3 is 2.71 bits per heavy atom. The molecule has 0 saturated heterocycles. The lowest BCUT2D eigenvalue weighted by atomic mass is 10.3. The highest BCUT2D eigenvalue weighted by Crippen LogP contribution is 1.95. The van der Waals surface area contributed by atoms with Crippen LogP contribution in [0.25, 0.3) is 0 Å². The van der Waals surface area contributed by atoms with Crippen LogP contribution in [0.15, 0.2) is 0 Å². The van der Waals surface area contributed by atoms with E-state index >= 15 is 0 Å². The highest BCUT2D eigenvalue weighted by molar-refractivity contribution is 5.69. The molecule has 1 radical (unpaired) electrons. The van der Waals surface area contributed by atoms with E-state index in [0.29, 0.717) is 19.1 Å². The van der Waals surface area contributed by atoms with E-state index in [1.165, 1.54) is 0 Å². The van der Waals surface area contributed by atoms with Gasteiger partial charge in [0.15, 0.2) is 0 Å². The maximum atomic E-state index is 11.1. The summed E-state index contributed by atoms with van der Waals surface area (Å²) in [6.45, 7) is 9.25.